The van der Waals surface area contributed by atoms with Crippen molar-refractivity contribution in [3.63, 3.8) is 0 Å². The van der Waals surface area contributed by atoms with E-state index in [1.54, 1.807) is 72.8 Å². The zero-order valence-electron chi connectivity index (χ0n) is 24.4. The monoisotopic (exact) mass is 643 g/mol. The molecule has 1 unspecified atom stereocenters. The Hall–Kier alpha value is -5.06. The first kappa shape index (κ1) is 32.8. The van der Waals surface area contributed by atoms with Gasteiger partial charge in [0, 0.05) is 27.4 Å². The lowest BCUT2D eigenvalue weighted by Gasteiger charge is -2.16. The van der Waals surface area contributed by atoms with Crippen LogP contribution in [0.3, 0.4) is 0 Å². The van der Waals surface area contributed by atoms with Crippen LogP contribution in [0.5, 0.6) is 5.75 Å². The lowest BCUT2D eigenvalue weighted by Crippen LogP contribution is -2.30. The van der Waals surface area contributed by atoms with Crippen LogP contribution in [0.1, 0.15) is 39.6 Å². The fraction of sp³-hybridized carbons (Fsp3) is 0.118. The van der Waals surface area contributed by atoms with Gasteiger partial charge in [-0.3, -0.25) is 14.4 Å². The highest BCUT2D eigenvalue weighted by atomic mass is 35.5. The van der Waals surface area contributed by atoms with E-state index in [0.29, 0.717) is 39.6 Å². The highest BCUT2D eigenvalue weighted by Crippen LogP contribution is 2.30. The number of hydrogen-bond donors (Lipinski definition) is 4. The van der Waals surface area contributed by atoms with Crippen LogP contribution in [0.2, 0.25) is 5.02 Å². The molecule has 0 spiro atoms. The Labute approximate surface area is 269 Å². The Morgan fingerprint density at radius 2 is 1.60 bits per heavy atom. The van der Waals surface area contributed by atoms with Gasteiger partial charge in [0.25, 0.3) is 11.8 Å². The fourth-order valence-electron chi connectivity index (χ4n) is 4.21. The molecule has 0 saturated carbocycles. The summed E-state index contributed by atoms with van der Waals surface area (Å²) in [6.45, 7) is 1.86. The molecule has 45 heavy (non-hydrogen) atoms. The van der Waals surface area contributed by atoms with Crippen LogP contribution >= 0.6 is 23.4 Å². The first-order valence-corrected chi connectivity index (χ1v) is 15.1. The number of amides is 3. The van der Waals surface area contributed by atoms with Gasteiger partial charge in [-0.15, -0.1) is 11.8 Å². The van der Waals surface area contributed by atoms with Crippen LogP contribution in [0.15, 0.2) is 108 Å². The van der Waals surface area contributed by atoms with Crippen molar-refractivity contribution in [3.05, 3.63) is 124 Å². The van der Waals surface area contributed by atoms with Gasteiger partial charge < -0.3 is 25.8 Å². The van der Waals surface area contributed by atoms with Crippen LogP contribution in [-0.2, 0) is 9.59 Å². The largest absolute Gasteiger partial charge is 0.496 e. The van der Waals surface area contributed by atoms with Gasteiger partial charge in [0.2, 0.25) is 5.91 Å². The van der Waals surface area contributed by atoms with Gasteiger partial charge in [-0.05, 0) is 67.1 Å². The molecule has 4 aromatic rings. The third-order valence-corrected chi connectivity index (χ3v) is 8.15. The van der Waals surface area contributed by atoms with Gasteiger partial charge >= 0.3 is 5.97 Å². The molecule has 0 aromatic heterocycles. The molecule has 230 valence electrons. The summed E-state index contributed by atoms with van der Waals surface area (Å²) in [6.07, 6.45) is 2.02. The van der Waals surface area contributed by atoms with E-state index in [-0.39, 0.29) is 22.2 Å². The van der Waals surface area contributed by atoms with Gasteiger partial charge in [0.1, 0.15) is 11.4 Å². The summed E-state index contributed by atoms with van der Waals surface area (Å²) in [4.78, 5) is 51.7. The maximum atomic E-state index is 13.5. The Bertz CT molecular complexity index is 1750. The highest BCUT2D eigenvalue weighted by Gasteiger charge is 2.20. The summed E-state index contributed by atoms with van der Waals surface area (Å²) in [5, 5.41) is 17.2. The second-order valence-corrected chi connectivity index (χ2v) is 11.3. The van der Waals surface area contributed by atoms with E-state index in [1.807, 2.05) is 13.0 Å². The molecular weight excluding hydrogens is 614 g/mol. The standard InChI is InChI=1S/C34H30ClN3O6S/c1-3-30(33(41)37-24-16-17-27(35)26(20-24)34(42)43)45-25-14-9-13-23(19-25)36-32(40)28(18-22-12-7-8-15-29(22)44-2)38-31(39)21-10-5-4-6-11-21/h4-20,30H,3H2,1-2H3,(H,36,40)(H,37,41)(H,38,39)(H,42,43)/b28-18+. The second-order valence-electron chi connectivity index (χ2n) is 9.61. The van der Waals surface area contributed by atoms with Crippen molar-refractivity contribution in [1.29, 1.82) is 0 Å². The summed E-state index contributed by atoms with van der Waals surface area (Å²) in [6, 6.07) is 26.9. The van der Waals surface area contributed by atoms with Crippen LogP contribution < -0.4 is 20.7 Å². The van der Waals surface area contributed by atoms with Gasteiger partial charge in [0.15, 0.2) is 0 Å². The number of nitrogens with one attached hydrogen (secondary N) is 3. The summed E-state index contributed by atoms with van der Waals surface area (Å²) < 4.78 is 5.42. The van der Waals surface area contributed by atoms with Crippen molar-refractivity contribution >= 4 is 64.5 Å². The van der Waals surface area contributed by atoms with E-state index >= 15 is 0 Å². The molecule has 0 fully saturated rings. The van der Waals surface area contributed by atoms with Crippen LogP contribution in [-0.4, -0.2) is 41.2 Å². The van der Waals surface area contributed by atoms with Crippen molar-refractivity contribution < 1.29 is 29.0 Å². The van der Waals surface area contributed by atoms with Gasteiger partial charge in [-0.1, -0.05) is 61.0 Å². The smallest absolute Gasteiger partial charge is 0.337 e. The first-order valence-electron chi connectivity index (χ1n) is 13.8. The number of thioether (sulfide) groups is 1. The number of anilines is 2. The highest BCUT2D eigenvalue weighted by molar-refractivity contribution is 8.00. The molecule has 4 aromatic carbocycles. The number of benzene rings is 4. The zero-order valence-corrected chi connectivity index (χ0v) is 25.9. The summed E-state index contributed by atoms with van der Waals surface area (Å²) in [5.74, 6) is -2.01. The fourth-order valence-corrected chi connectivity index (χ4v) is 5.42. The lowest BCUT2D eigenvalue weighted by molar-refractivity contribution is -0.116. The molecule has 0 aliphatic heterocycles. The SMILES string of the molecule is CCC(Sc1cccc(NC(=O)/C(=C\c2ccccc2OC)NC(=O)c2ccccc2)c1)C(=O)Nc1ccc(Cl)c(C(=O)O)c1. The van der Waals surface area contributed by atoms with Gasteiger partial charge in [-0.25, -0.2) is 4.79 Å². The minimum atomic E-state index is -1.20. The number of methoxy groups -OCH3 is 1. The lowest BCUT2D eigenvalue weighted by atomic mass is 10.1. The van der Waals surface area contributed by atoms with Crippen molar-refractivity contribution in [2.24, 2.45) is 0 Å². The Morgan fingerprint density at radius 3 is 2.31 bits per heavy atom. The number of carboxylic acids is 1. The van der Waals surface area contributed by atoms with Gasteiger partial charge in [-0.2, -0.15) is 0 Å². The number of halogens is 1. The summed E-state index contributed by atoms with van der Waals surface area (Å²) in [5.41, 5.74) is 1.63. The van der Waals surface area contributed by atoms with Crippen LogP contribution in [0, 0.1) is 0 Å². The van der Waals surface area contributed by atoms with E-state index in [1.165, 1.54) is 43.1 Å². The number of aromatic carboxylic acids is 1. The summed E-state index contributed by atoms with van der Waals surface area (Å²) >= 11 is 7.23. The molecule has 11 heteroatoms. The predicted molar refractivity (Wildman–Crippen MR) is 177 cm³/mol. The molecule has 0 bridgehead atoms. The number of rotatable bonds is 12. The zero-order chi connectivity index (χ0) is 32.3. The molecule has 4 rings (SSSR count). The molecule has 0 aliphatic carbocycles. The number of para-hydroxylation sites is 1. The Kier molecular flexibility index (Phi) is 11.4. The average Bonchev–Trinajstić information content (AvgIpc) is 3.04. The minimum Gasteiger partial charge on any atom is -0.496 e. The van der Waals surface area contributed by atoms with E-state index in [0.717, 1.165) is 0 Å². The predicted octanol–water partition coefficient (Wildman–Crippen LogP) is 6.97. The molecule has 0 heterocycles. The van der Waals surface area contributed by atoms with Crippen LogP contribution in [0.25, 0.3) is 6.08 Å². The van der Waals surface area contributed by atoms with Crippen molar-refractivity contribution in [1.82, 2.24) is 5.32 Å². The average molecular weight is 644 g/mol. The van der Waals surface area contributed by atoms with E-state index in [2.05, 4.69) is 16.0 Å². The van der Waals surface area contributed by atoms with Crippen molar-refractivity contribution in [3.8, 4) is 5.75 Å². The van der Waals surface area contributed by atoms with Crippen LogP contribution in [0.4, 0.5) is 11.4 Å². The number of ether oxygens (including phenoxy) is 1. The topological polar surface area (TPSA) is 134 Å². The number of carbonyl (C=O) groups is 4. The molecule has 0 radical (unpaired) electrons. The Morgan fingerprint density at radius 1 is 0.889 bits per heavy atom. The third kappa shape index (κ3) is 8.98. The molecule has 4 N–H and O–H groups in total. The number of carbonyl (C=O) groups excluding carboxylic acids is 3. The van der Waals surface area contributed by atoms with Gasteiger partial charge in [0.05, 0.1) is 22.9 Å². The maximum Gasteiger partial charge on any atom is 0.337 e. The maximum absolute atomic E-state index is 13.5. The number of hydrogen-bond acceptors (Lipinski definition) is 6. The second kappa shape index (κ2) is 15.6. The van der Waals surface area contributed by atoms with E-state index in [9.17, 15) is 24.3 Å². The van der Waals surface area contributed by atoms with Crippen molar-refractivity contribution in [2.45, 2.75) is 23.5 Å². The molecule has 0 saturated heterocycles. The minimum absolute atomic E-state index is 0.000848. The molecule has 0 aliphatic rings. The summed E-state index contributed by atoms with van der Waals surface area (Å²) in [7, 11) is 1.52. The molecule has 9 nitrogen and oxygen atoms in total. The molecular formula is C34H30ClN3O6S. The van der Waals surface area contributed by atoms with E-state index in [4.69, 9.17) is 16.3 Å². The van der Waals surface area contributed by atoms with E-state index < -0.39 is 23.0 Å². The quantitative estimate of drug-likeness (QED) is 0.0968. The number of carboxylic acid groups (broad SMARTS) is 1. The Balaban J connectivity index is 1.52. The third-order valence-electron chi connectivity index (χ3n) is 6.47. The normalized spacial score (nSPS) is 11.7. The first-order chi connectivity index (χ1) is 21.7. The van der Waals surface area contributed by atoms with Crippen molar-refractivity contribution in [2.75, 3.05) is 17.7 Å². The molecule has 3 amide bonds. The molecule has 1 atom stereocenters.